The molecule has 0 saturated heterocycles. The van der Waals surface area contributed by atoms with E-state index in [2.05, 4.69) is 29.5 Å². The standard InChI is InChI=1S/C13H22N4O3/c1-3-5-6-10(4-2)7-14-12(18)9-17-8-11(13(19)20)15-16-17/h8,10H,3-7,9H2,1-2H3,(H,14,18)(H,19,20). The number of rotatable bonds is 9. The Morgan fingerprint density at radius 1 is 1.45 bits per heavy atom. The summed E-state index contributed by atoms with van der Waals surface area (Å²) < 4.78 is 1.23. The van der Waals surface area contributed by atoms with Crippen LogP contribution in [0.5, 0.6) is 0 Å². The summed E-state index contributed by atoms with van der Waals surface area (Å²) in [5.74, 6) is -0.840. The molecule has 0 aliphatic rings. The second-order valence-corrected chi connectivity index (χ2v) is 4.83. The number of carboxylic acids is 1. The van der Waals surface area contributed by atoms with E-state index in [1.54, 1.807) is 0 Å². The number of unbranched alkanes of at least 4 members (excludes halogenated alkanes) is 1. The number of carboxylic acid groups (broad SMARTS) is 1. The van der Waals surface area contributed by atoms with Crippen molar-refractivity contribution in [3.05, 3.63) is 11.9 Å². The van der Waals surface area contributed by atoms with Crippen LogP contribution in [0.3, 0.4) is 0 Å². The Balaban J connectivity index is 2.36. The van der Waals surface area contributed by atoms with Gasteiger partial charge in [0.15, 0.2) is 5.69 Å². The maximum absolute atomic E-state index is 11.7. The molecule has 0 spiro atoms. The van der Waals surface area contributed by atoms with Crippen molar-refractivity contribution < 1.29 is 14.7 Å². The summed E-state index contributed by atoms with van der Waals surface area (Å²) in [6, 6.07) is 0. The molecule has 7 nitrogen and oxygen atoms in total. The quantitative estimate of drug-likeness (QED) is 0.711. The molecule has 7 heteroatoms. The van der Waals surface area contributed by atoms with E-state index in [1.807, 2.05) is 0 Å². The number of aromatic nitrogens is 3. The van der Waals surface area contributed by atoms with Crippen LogP contribution in [-0.2, 0) is 11.3 Å². The summed E-state index contributed by atoms with van der Waals surface area (Å²) in [5.41, 5.74) is -0.160. The molecule has 0 saturated carbocycles. The van der Waals surface area contributed by atoms with Gasteiger partial charge in [-0.2, -0.15) is 0 Å². The van der Waals surface area contributed by atoms with Crippen LogP contribution in [0.4, 0.5) is 0 Å². The second kappa shape index (κ2) is 8.29. The van der Waals surface area contributed by atoms with E-state index in [0.717, 1.165) is 19.3 Å². The van der Waals surface area contributed by atoms with Crippen molar-refractivity contribution in [2.75, 3.05) is 6.54 Å². The smallest absolute Gasteiger partial charge is 0.358 e. The van der Waals surface area contributed by atoms with Crippen molar-refractivity contribution in [3.8, 4) is 0 Å². The Labute approximate surface area is 118 Å². The van der Waals surface area contributed by atoms with E-state index in [0.29, 0.717) is 12.5 Å². The molecule has 0 bridgehead atoms. The normalized spacial score (nSPS) is 12.1. The van der Waals surface area contributed by atoms with Gasteiger partial charge in [-0.25, -0.2) is 9.48 Å². The van der Waals surface area contributed by atoms with E-state index in [-0.39, 0.29) is 18.1 Å². The Hall–Kier alpha value is -1.92. The minimum absolute atomic E-state index is 0.00943. The van der Waals surface area contributed by atoms with Crippen LogP contribution in [-0.4, -0.2) is 38.5 Å². The van der Waals surface area contributed by atoms with Crippen LogP contribution in [0.2, 0.25) is 0 Å². The van der Waals surface area contributed by atoms with Crippen LogP contribution >= 0.6 is 0 Å². The predicted molar refractivity (Wildman–Crippen MR) is 73.3 cm³/mol. The molecule has 1 aromatic rings. The first-order valence-corrected chi connectivity index (χ1v) is 6.96. The van der Waals surface area contributed by atoms with Crippen molar-refractivity contribution in [2.45, 2.75) is 46.1 Å². The van der Waals surface area contributed by atoms with E-state index in [9.17, 15) is 9.59 Å². The summed E-state index contributed by atoms with van der Waals surface area (Å²) in [6.45, 7) is 4.90. The molecule has 1 heterocycles. The number of nitrogens with zero attached hydrogens (tertiary/aromatic N) is 3. The third kappa shape index (κ3) is 5.38. The number of aromatic carboxylic acids is 1. The molecular weight excluding hydrogens is 260 g/mol. The maximum atomic E-state index is 11.7. The maximum Gasteiger partial charge on any atom is 0.358 e. The van der Waals surface area contributed by atoms with E-state index < -0.39 is 5.97 Å². The van der Waals surface area contributed by atoms with Crippen molar-refractivity contribution in [1.29, 1.82) is 0 Å². The van der Waals surface area contributed by atoms with Gasteiger partial charge in [-0.05, 0) is 12.3 Å². The molecule has 1 unspecified atom stereocenters. The molecule has 20 heavy (non-hydrogen) atoms. The zero-order valence-corrected chi connectivity index (χ0v) is 12.0. The lowest BCUT2D eigenvalue weighted by Gasteiger charge is -2.15. The van der Waals surface area contributed by atoms with Gasteiger partial charge in [0.05, 0.1) is 6.20 Å². The lowest BCUT2D eigenvalue weighted by Crippen LogP contribution is -2.32. The highest BCUT2D eigenvalue weighted by atomic mass is 16.4. The first kappa shape index (κ1) is 16.1. The lowest BCUT2D eigenvalue weighted by molar-refractivity contribution is -0.122. The molecule has 0 radical (unpaired) electrons. The Kier molecular flexibility index (Phi) is 6.69. The summed E-state index contributed by atoms with van der Waals surface area (Å²) >= 11 is 0. The molecule has 0 aliphatic heterocycles. The van der Waals surface area contributed by atoms with Gasteiger partial charge in [0.1, 0.15) is 6.54 Å². The van der Waals surface area contributed by atoms with Crippen LogP contribution in [0.1, 0.15) is 50.0 Å². The van der Waals surface area contributed by atoms with Gasteiger partial charge in [-0.15, -0.1) is 5.10 Å². The van der Waals surface area contributed by atoms with Gasteiger partial charge in [0.25, 0.3) is 0 Å². The average molecular weight is 282 g/mol. The first-order valence-electron chi connectivity index (χ1n) is 6.96. The zero-order valence-electron chi connectivity index (χ0n) is 12.0. The molecule has 1 amide bonds. The van der Waals surface area contributed by atoms with Crippen LogP contribution < -0.4 is 5.32 Å². The van der Waals surface area contributed by atoms with Crippen LogP contribution in [0, 0.1) is 5.92 Å². The molecule has 1 rings (SSSR count). The van der Waals surface area contributed by atoms with Gasteiger partial charge in [0, 0.05) is 6.54 Å². The van der Waals surface area contributed by atoms with E-state index >= 15 is 0 Å². The van der Waals surface area contributed by atoms with Crippen molar-refractivity contribution in [2.24, 2.45) is 5.92 Å². The number of nitrogens with one attached hydrogen (secondary N) is 1. The summed E-state index contributed by atoms with van der Waals surface area (Å²) in [7, 11) is 0. The Morgan fingerprint density at radius 3 is 2.75 bits per heavy atom. The van der Waals surface area contributed by atoms with Gasteiger partial charge in [-0.1, -0.05) is 38.3 Å². The Bertz CT molecular complexity index is 445. The highest BCUT2D eigenvalue weighted by molar-refractivity contribution is 5.84. The largest absolute Gasteiger partial charge is 0.476 e. The SMILES string of the molecule is CCCCC(CC)CNC(=O)Cn1cc(C(=O)O)nn1. The molecule has 2 N–H and O–H groups in total. The van der Waals surface area contributed by atoms with Crippen molar-refractivity contribution >= 4 is 11.9 Å². The third-order valence-electron chi connectivity index (χ3n) is 3.19. The van der Waals surface area contributed by atoms with E-state index in [1.165, 1.54) is 17.3 Å². The van der Waals surface area contributed by atoms with Gasteiger partial charge in [-0.3, -0.25) is 4.79 Å². The minimum atomic E-state index is -1.15. The van der Waals surface area contributed by atoms with Gasteiger partial charge >= 0.3 is 5.97 Å². The van der Waals surface area contributed by atoms with Crippen molar-refractivity contribution in [1.82, 2.24) is 20.3 Å². The fourth-order valence-corrected chi connectivity index (χ4v) is 1.88. The van der Waals surface area contributed by atoms with Crippen LogP contribution in [0.15, 0.2) is 6.20 Å². The first-order chi connectivity index (χ1) is 9.56. The number of hydrogen-bond donors (Lipinski definition) is 2. The fourth-order valence-electron chi connectivity index (χ4n) is 1.88. The van der Waals surface area contributed by atoms with E-state index in [4.69, 9.17) is 5.11 Å². The number of carbonyl (C=O) groups is 2. The molecule has 112 valence electrons. The van der Waals surface area contributed by atoms with Gasteiger partial charge < -0.3 is 10.4 Å². The topological polar surface area (TPSA) is 97.1 Å². The highest BCUT2D eigenvalue weighted by Gasteiger charge is 2.12. The van der Waals surface area contributed by atoms with Crippen LogP contribution in [0.25, 0.3) is 0 Å². The number of amides is 1. The second-order valence-electron chi connectivity index (χ2n) is 4.83. The lowest BCUT2D eigenvalue weighted by atomic mass is 9.99. The molecule has 1 atom stereocenters. The number of carbonyl (C=O) groups excluding carboxylic acids is 1. The minimum Gasteiger partial charge on any atom is -0.476 e. The Morgan fingerprint density at radius 2 is 2.20 bits per heavy atom. The van der Waals surface area contributed by atoms with Gasteiger partial charge in [0.2, 0.25) is 5.91 Å². The molecular formula is C13H22N4O3. The molecule has 0 fully saturated rings. The van der Waals surface area contributed by atoms with Crippen molar-refractivity contribution in [3.63, 3.8) is 0 Å². The molecule has 0 aliphatic carbocycles. The molecule has 0 aromatic carbocycles. The summed E-state index contributed by atoms with van der Waals surface area (Å²) in [6.07, 6.45) is 5.71. The summed E-state index contributed by atoms with van der Waals surface area (Å²) in [4.78, 5) is 22.4. The monoisotopic (exact) mass is 282 g/mol. The summed E-state index contributed by atoms with van der Waals surface area (Å²) in [5, 5.41) is 18.6. The zero-order chi connectivity index (χ0) is 15.0. The highest BCUT2D eigenvalue weighted by Crippen LogP contribution is 2.11. The number of hydrogen-bond acceptors (Lipinski definition) is 4. The molecule has 1 aromatic heterocycles. The third-order valence-corrected chi connectivity index (χ3v) is 3.19. The predicted octanol–water partition coefficient (Wildman–Crippen LogP) is 1.31. The fraction of sp³-hybridized carbons (Fsp3) is 0.692. The average Bonchev–Trinajstić information content (AvgIpc) is 2.87.